The van der Waals surface area contributed by atoms with Crippen molar-refractivity contribution in [3.8, 4) is 5.75 Å². The van der Waals surface area contributed by atoms with Crippen molar-refractivity contribution in [1.29, 1.82) is 0 Å². The van der Waals surface area contributed by atoms with Gasteiger partial charge < -0.3 is 9.47 Å². The molecular formula is C12H14O3. The third-order valence-electron chi connectivity index (χ3n) is 2.77. The minimum absolute atomic E-state index is 0.228. The van der Waals surface area contributed by atoms with Crippen molar-refractivity contribution in [2.24, 2.45) is 0 Å². The molecule has 0 aromatic heterocycles. The summed E-state index contributed by atoms with van der Waals surface area (Å²) in [6.07, 6.45) is 2.70. The lowest BCUT2D eigenvalue weighted by Gasteiger charge is -2.13. The van der Waals surface area contributed by atoms with Gasteiger partial charge in [-0.15, -0.1) is 0 Å². The highest BCUT2D eigenvalue weighted by molar-refractivity contribution is 5.40. The van der Waals surface area contributed by atoms with E-state index in [2.05, 4.69) is 0 Å². The summed E-state index contributed by atoms with van der Waals surface area (Å²) in [5, 5.41) is 0. The molecule has 1 aliphatic carbocycles. The fourth-order valence-corrected chi connectivity index (χ4v) is 1.73. The van der Waals surface area contributed by atoms with E-state index >= 15 is 0 Å². The first kappa shape index (κ1) is 10.0. The Hall–Kier alpha value is -1.51. The van der Waals surface area contributed by atoms with Crippen LogP contribution in [0.1, 0.15) is 18.4 Å². The van der Waals surface area contributed by atoms with Gasteiger partial charge in [0.25, 0.3) is 6.47 Å². The van der Waals surface area contributed by atoms with Crippen molar-refractivity contribution in [2.45, 2.75) is 24.9 Å². The molecule has 3 heteroatoms. The maximum absolute atomic E-state index is 10.3. The highest BCUT2D eigenvalue weighted by Gasteiger charge is 2.45. The normalized spacial score (nSPS) is 16.9. The standard InChI is InChI=1S/C12H14O3/c1-14-11-4-2-3-10(7-11)8-12(5-6-12)15-9-13/h2-4,7,9H,5-6,8H2,1H3. The molecule has 15 heavy (non-hydrogen) atoms. The van der Waals surface area contributed by atoms with E-state index in [4.69, 9.17) is 9.47 Å². The molecule has 80 valence electrons. The molecule has 2 rings (SSSR count). The SMILES string of the molecule is COc1cccc(CC2(OC=O)CC2)c1. The molecule has 0 heterocycles. The zero-order valence-corrected chi connectivity index (χ0v) is 8.73. The average Bonchev–Trinajstić information content (AvgIpc) is 2.99. The lowest BCUT2D eigenvalue weighted by molar-refractivity contribution is -0.135. The Morgan fingerprint density at radius 2 is 2.27 bits per heavy atom. The van der Waals surface area contributed by atoms with Crippen LogP contribution in [0.3, 0.4) is 0 Å². The van der Waals surface area contributed by atoms with Gasteiger partial charge in [0.05, 0.1) is 7.11 Å². The van der Waals surface area contributed by atoms with Gasteiger partial charge in [0.1, 0.15) is 11.4 Å². The molecular weight excluding hydrogens is 192 g/mol. The number of methoxy groups -OCH3 is 1. The van der Waals surface area contributed by atoms with Gasteiger partial charge in [-0.3, -0.25) is 4.79 Å². The minimum atomic E-state index is -0.228. The Balaban J connectivity index is 2.07. The van der Waals surface area contributed by atoms with Gasteiger partial charge in [-0.1, -0.05) is 12.1 Å². The molecule has 1 saturated carbocycles. The molecule has 0 bridgehead atoms. The molecule has 0 N–H and O–H groups in total. The molecule has 0 unspecified atom stereocenters. The molecule has 1 fully saturated rings. The third-order valence-corrected chi connectivity index (χ3v) is 2.77. The van der Waals surface area contributed by atoms with Crippen LogP contribution in [0.15, 0.2) is 24.3 Å². The van der Waals surface area contributed by atoms with Crippen LogP contribution in [-0.4, -0.2) is 19.2 Å². The van der Waals surface area contributed by atoms with Gasteiger partial charge in [-0.25, -0.2) is 0 Å². The van der Waals surface area contributed by atoms with Gasteiger partial charge in [0.2, 0.25) is 0 Å². The highest BCUT2D eigenvalue weighted by Crippen LogP contribution is 2.42. The molecule has 3 nitrogen and oxygen atoms in total. The molecule has 0 saturated heterocycles. The second-order valence-electron chi connectivity index (χ2n) is 3.93. The Morgan fingerprint density at radius 1 is 1.47 bits per heavy atom. The molecule has 1 aliphatic rings. The number of rotatable bonds is 5. The second kappa shape index (κ2) is 3.93. The number of hydrogen-bond acceptors (Lipinski definition) is 3. The lowest BCUT2D eigenvalue weighted by Crippen LogP contribution is -2.16. The number of hydrogen-bond donors (Lipinski definition) is 0. The Labute approximate surface area is 89.0 Å². The zero-order valence-electron chi connectivity index (χ0n) is 8.73. The summed E-state index contributed by atoms with van der Waals surface area (Å²) in [6.45, 7) is 0.549. The summed E-state index contributed by atoms with van der Waals surface area (Å²) in [5.74, 6) is 0.842. The van der Waals surface area contributed by atoms with Gasteiger partial charge in [0.15, 0.2) is 0 Å². The van der Waals surface area contributed by atoms with Gasteiger partial charge >= 0.3 is 0 Å². The van der Waals surface area contributed by atoms with Crippen molar-refractivity contribution in [3.63, 3.8) is 0 Å². The van der Waals surface area contributed by atoms with Crippen LogP contribution >= 0.6 is 0 Å². The summed E-state index contributed by atoms with van der Waals surface area (Å²) >= 11 is 0. The molecule has 0 amide bonds. The fraction of sp³-hybridized carbons (Fsp3) is 0.417. The van der Waals surface area contributed by atoms with Gasteiger partial charge in [-0.2, -0.15) is 0 Å². The van der Waals surface area contributed by atoms with Crippen LogP contribution in [0, 0.1) is 0 Å². The first-order chi connectivity index (χ1) is 7.28. The van der Waals surface area contributed by atoms with Crippen LogP contribution in [0.25, 0.3) is 0 Å². The highest BCUT2D eigenvalue weighted by atomic mass is 16.5. The van der Waals surface area contributed by atoms with E-state index in [-0.39, 0.29) is 5.60 Å². The first-order valence-corrected chi connectivity index (χ1v) is 5.02. The molecule has 1 aromatic rings. The number of carbonyl (C=O) groups is 1. The maximum Gasteiger partial charge on any atom is 0.293 e. The Kier molecular flexibility index (Phi) is 2.62. The fourth-order valence-electron chi connectivity index (χ4n) is 1.73. The van der Waals surface area contributed by atoms with E-state index < -0.39 is 0 Å². The van der Waals surface area contributed by atoms with Crippen molar-refractivity contribution in [2.75, 3.05) is 7.11 Å². The third kappa shape index (κ3) is 2.29. The van der Waals surface area contributed by atoms with E-state index in [0.717, 1.165) is 30.6 Å². The monoisotopic (exact) mass is 206 g/mol. The molecule has 0 aliphatic heterocycles. The van der Waals surface area contributed by atoms with E-state index in [1.807, 2.05) is 24.3 Å². The zero-order chi connectivity index (χ0) is 10.7. The van der Waals surface area contributed by atoms with E-state index in [1.165, 1.54) is 0 Å². The van der Waals surface area contributed by atoms with Crippen LogP contribution in [0.5, 0.6) is 5.75 Å². The quantitative estimate of drug-likeness (QED) is 0.691. The average molecular weight is 206 g/mol. The molecule has 0 radical (unpaired) electrons. The van der Waals surface area contributed by atoms with Crippen LogP contribution in [0.2, 0.25) is 0 Å². The summed E-state index contributed by atoms with van der Waals surface area (Å²) in [7, 11) is 1.65. The van der Waals surface area contributed by atoms with Crippen molar-refractivity contribution in [1.82, 2.24) is 0 Å². The van der Waals surface area contributed by atoms with Crippen LogP contribution in [-0.2, 0) is 16.0 Å². The van der Waals surface area contributed by atoms with Crippen LogP contribution in [0.4, 0.5) is 0 Å². The first-order valence-electron chi connectivity index (χ1n) is 5.02. The predicted molar refractivity (Wildman–Crippen MR) is 55.8 cm³/mol. The number of benzene rings is 1. The van der Waals surface area contributed by atoms with E-state index in [0.29, 0.717) is 6.47 Å². The van der Waals surface area contributed by atoms with Crippen molar-refractivity contribution < 1.29 is 14.3 Å². The van der Waals surface area contributed by atoms with E-state index in [1.54, 1.807) is 7.11 Å². The summed E-state index contributed by atoms with van der Waals surface area (Å²) in [6, 6.07) is 7.86. The van der Waals surface area contributed by atoms with Gasteiger partial charge in [0, 0.05) is 6.42 Å². The minimum Gasteiger partial charge on any atom is -0.497 e. The smallest absolute Gasteiger partial charge is 0.293 e. The molecule has 1 aromatic carbocycles. The summed E-state index contributed by atoms with van der Waals surface area (Å²) < 4.78 is 10.2. The molecule has 0 atom stereocenters. The van der Waals surface area contributed by atoms with Crippen molar-refractivity contribution >= 4 is 6.47 Å². The number of ether oxygens (including phenoxy) is 2. The Bertz CT molecular complexity index is 356. The Morgan fingerprint density at radius 3 is 2.87 bits per heavy atom. The topological polar surface area (TPSA) is 35.5 Å². The largest absolute Gasteiger partial charge is 0.497 e. The summed E-state index contributed by atoms with van der Waals surface area (Å²) in [5.41, 5.74) is 0.919. The van der Waals surface area contributed by atoms with Crippen molar-refractivity contribution in [3.05, 3.63) is 29.8 Å². The lowest BCUT2D eigenvalue weighted by atomic mass is 10.1. The maximum atomic E-state index is 10.3. The number of carbonyl (C=O) groups excluding carboxylic acids is 1. The summed E-state index contributed by atoms with van der Waals surface area (Å²) in [4.78, 5) is 10.3. The van der Waals surface area contributed by atoms with Gasteiger partial charge in [-0.05, 0) is 30.5 Å². The predicted octanol–water partition coefficient (Wildman–Crippen LogP) is 1.94. The second-order valence-corrected chi connectivity index (χ2v) is 3.93. The molecule has 0 spiro atoms. The van der Waals surface area contributed by atoms with E-state index in [9.17, 15) is 4.79 Å². The van der Waals surface area contributed by atoms with Crippen LogP contribution < -0.4 is 4.74 Å².